The summed E-state index contributed by atoms with van der Waals surface area (Å²) in [6, 6.07) is 0. The molecule has 0 amide bonds. The molecule has 0 aliphatic carbocycles. The number of hydrogen-bond acceptors (Lipinski definition) is 3. The quantitative estimate of drug-likeness (QED) is 0.588. The standard InChI is InChI=1S/C8H19NOS/c1-3-9(5-4-8-11)6-7-10-2/h11H,3-8H2,1-2H3. The van der Waals surface area contributed by atoms with Gasteiger partial charge in [-0.15, -0.1) is 0 Å². The van der Waals surface area contributed by atoms with E-state index < -0.39 is 0 Å². The maximum atomic E-state index is 4.99. The van der Waals surface area contributed by atoms with E-state index in [0.717, 1.165) is 32.0 Å². The molecule has 0 spiro atoms. The van der Waals surface area contributed by atoms with Gasteiger partial charge in [0, 0.05) is 13.7 Å². The third kappa shape index (κ3) is 6.66. The van der Waals surface area contributed by atoms with Gasteiger partial charge >= 0.3 is 0 Å². The van der Waals surface area contributed by atoms with Crippen molar-refractivity contribution >= 4 is 12.6 Å². The number of rotatable bonds is 7. The van der Waals surface area contributed by atoms with E-state index in [2.05, 4.69) is 24.5 Å². The summed E-state index contributed by atoms with van der Waals surface area (Å²) in [5, 5.41) is 0. The fraction of sp³-hybridized carbons (Fsp3) is 1.00. The second-order valence-electron chi connectivity index (χ2n) is 2.50. The Kier molecular flexibility index (Phi) is 8.57. The van der Waals surface area contributed by atoms with Crippen molar-refractivity contribution in [3.05, 3.63) is 0 Å². The normalized spacial score (nSPS) is 10.9. The number of ether oxygens (including phenoxy) is 1. The molecule has 0 bridgehead atoms. The molecule has 0 aliphatic heterocycles. The molecule has 0 aromatic carbocycles. The maximum absolute atomic E-state index is 4.99. The fourth-order valence-electron chi connectivity index (χ4n) is 0.943. The van der Waals surface area contributed by atoms with Crippen molar-refractivity contribution in [1.82, 2.24) is 4.90 Å². The van der Waals surface area contributed by atoms with Gasteiger partial charge < -0.3 is 9.64 Å². The zero-order valence-corrected chi connectivity index (χ0v) is 8.44. The van der Waals surface area contributed by atoms with Crippen LogP contribution in [-0.2, 0) is 4.74 Å². The molecule has 0 N–H and O–H groups in total. The third-order valence-electron chi connectivity index (χ3n) is 1.69. The van der Waals surface area contributed by atoms with E-state index in [1.165, 1.54) is 6.42 Å². The van der Waals surface area contributed by atoms with Crippen molar-refractivity contribution in [3.63, 3.8) is 0 Å². The zero-order valence-electron chi connectivity index (χ0n) is 7.55. The monoisotopic (exact) mass is 177 g/mol. The van der Waals surface area contributed by atoms with Gasteiger partial charge in [0.1, 0.15) is 0 Å². The number of likely N-dealkylation sites (N-methyl/N-ethyl adjacent to an activating group) is 1. The third-order valence-corrected chi connectivity index (χ3v) is 2.01. The Morgan fingerprint density at radius 1 is 1.36 bits per heavy atom. The summed E-state index contributed by atoms with van der Waals surface area (Å²) in [7, 11) is 1.74. The number of thiol groups is 1. The number of methoxy groups -OCH3 is 1. The smallest absolute Gasteiger partial charge is 0.0589 e. The Balaban J connectivity index is 3.25. The summed E-state index contributed by atoms with van der Waals surface area (Å²) < 4.78 is 4.99. The zero-order chi connectivity index (χ0) is 8.53. The van der Waals surface area contributed by atoms with Gasteiger partial charge in [-0.3, -0.25) is 0 Å². The molecule has 0 aromatic heterocycles. The highest BCUT2D eigenvalue weighted by atomic mass is 32.1. The largest absolute Gasteiger partial charge is 0.383 e. The van der Waals surface area contributed by atoms with Crippen molar-refractivity contribution in [2.45, 2.75) is 13.3 Å². The molecule has 0 rings (SSSR count). The predicted molar refractivity (Wildman–Crippen MR) is 52.5 cm³/mol. The van der Waals surface area contributed by atoms with Crippen LogP contribution >= 0.6 is 12.6 Å². The van der Waals surface area contributed by atoms with Gasteiger partial charge in [-0.25, -0.2) is 0 Å². The molecule has 0 aliphatic rings. The topological polar surface area (TPSA) is 12.5 Å². The lowest BCUT2D eigenvalue weighted by atomic mass is 10.4. The Bertz CT molecular complexity index is 72.5. The highest BCUT2D eigenvalue weighted by Gasteiger charge is 1.99. The second-order valence-corrected chi connectivity index (χ2v) is 2.95. The Hall–Kier alpha value is 0.270. The summed E-state index contributed by atoms with van der Waals surface area (Å²) in [6.07, 6.45) is 1.17. The average molecular weight is 177 g/mol. The van der Waals surface area contributed by atoms with Gasteiger partial charge in [0.25, 0.3) is 0 Å². The first-order valence-electron chi connectivity index (χ1n) is 4.17. The summed E-state index contributed by atoms with van der Waals surface area (Å²) in [6.45, 7) is 6.30. The second kappa shape index (κ2) is 8.37. The van der Waals surface area contributed by atoms with Gasteiger partial charge in [-0.2, -0.15) is 12.6 Å². The Morgan fingerprint density at radius 2 is 2.09 bits per heavy atom. The molecule has 0 radical (unpaired) electrons. The lowest BCUT2D eigenvalue weighted by Crippen LogP contribution is -2.28. The minimum absolute atomic E-state index is 0.834. The summed E-state index contributed by atoms with van der Waals surface area (Å²) in [5.74, 6) is 0.976. The van der Waals surface area contributed by atoms with Crippen LogP contribution < -0.4 is 0 Å². The van der Waals surface area contributed by atoms with Gasteiger partial charge in [0.05, 0.1) is 6.61 Å². The molecule has 0 saturated carbocycles. The summed E-state index contributed by atoms with van der Waals surface area (Å²) >= 11 is 4.17. The number of hydrogen-bond donors (Lipinski definition) is 1. The van der Waals surface area contributed by atoms with Gasteiger partial charge in [0.2, 0.25) is 0 Å². The summed E-state index contributed by atoms with van der Waals surface area (Å²) in [5.41, 5.74) is 0. The minimum atomic E-state index is 0.834. The van der Waals surface area contributed by atoms with Crippen LogP contribution in [0.5, 0.6) is 0 Å². The molecule has 2 nitrogen and oxygen atoms in total. The molecule has 0 atom stereocenters. The molecule has 0 heterocycles. The Labute approximate surface area is 75.3 Å². The minimum Gasteiger partial charge on any atom is -0.383 e. The molecular formula is C8H19NOS. The van der Waals surface area contributed by atoms with E-state index in [1.54, 1.807) is 7.11 Å². The molecule has 11 heavy (non-hydrogen) atoms. The van der Waals surface area contributed by atoms with Crippen molar-refractivity contribution in [3.8, 4) is 0 Å². The van der Waals surface area contributed by atoms with Crippen molar-refractivity contribution in [2.24, 2.45) is 0 Å². The van der Waals surface area contributed by atoms with Gasteiger partial charge in [0.15, 0.2) is 0 Å². The van der Waals surface area contributed by atoms with E-state index in [4.69, 9.17) is 4.74 Å². The van der Waals surface area contributed by atoms with E-state index in [1.807, 2.05) is 0 Å². The van der Waals surface area contributed by atoms with Crippen LogP contribution in [0.25, 0.3) is 0 Å². The molecule has 0 saturated heterocycles. The van der Waals surface area contributed by atoms with Crippen LogP contribution in [0, 0.1) is 0 Å². The van der Waals surface area contributed by atoms with Crippen LogP contribution in [0.1, 0.15) is 13.3 Å². The SMILES string of the molecule is CCN(CCCS)CCOC. The molecule has 0 aromatic rings. The lowest BCUT2D eigenvalue weighted by molar-refractivity contribution is 0.151. The number of nitrogens with zero attached hydrogens (tertiary/aromatic N) is 1. The van der Waals surface area contributed by atoms with Crippen LogP contribution in [0.3, 0.4) is 0 Å². The van der Waals surface area contributed by atoms with Gasteiger partial charge in [-0.05, 0) is 25.3 Å². The predicted octanol–water partition coefficient (Wildman–Crippen LogP) is 1.27. The molecule has 3 heteroatoms. The van der Waals surface area contributed by atoms with Crippen LogP contribution in [0.2, 0.25) is 0 Å². The Morgan fingerprint density at radius 3 is 2.55 bits per heavy atom. The first kappa shape index (κ1) is 11.3. The van der Waals surface area contributed by atoms with E-state index in [-0.39, 0.29) is 0 Å². The van der Waals surface area contributed by atoms with Crippen LogP contribution in [-0.4, -0.2) is 44.0 Å². The highest BCUT2D eigenvalue weighted by Crippen LogP contribution is 1.92. The summed E-state index contributed by atoms with van der Waals surface area (Å²) in [4.78, 5) is 2.37. The van der Waals surface area contributed by atoms with Crippen molar-refractivity contribution in [2.75, 3.05) is 39.1 Å². The van der Waals surface area contributed by atoms with E-state index >= 15 is 0 Å². The first-order valence-corrected chi connectivity index (χ1v) is 4.80. The van der Waals surface area contributed by atoms with Crippen molar-refractivity contribution < 1.29 is 4.74 Å². The molecule has 0 unspecified atom stereocenters. The molecule has 0 fully saturated rings. The van der Waals surface area contributed by atoms with Gasteiger partial charge in [-0.1, -0.05) is 6.92 Å². The fourth-order valence-corrected chi connectivity index (χ4v) is 1.08. The highest BCUT2D eigenvalue weighted by molar-refractivity contribution is 7.80. The average Bonchev–Trinajstić information content (AvgIpc) is 2.05. The van der Waals surface area contributed by atoms with Crippen molar-refractivity contribution in [1.29, 1.82) is 0 Å². The lowest BCUT2D eigenvalue weighted by Gasteiger charge is -2.18. The van der Waals surface area contributed by atoms with Crippen LogP contribution in [0.15, 0.2) is 0 Å². The first-order chi connectivity index (χ1) is 5.35. The maximum Gasteiger partial charge on any atom is 0.0589 e. The molecular weight excluding hydrogens is 158 g/mol. The van der Waals surface area contributed by atoms with Crippen LogP contribution in [0.4, 0.5) is 0 Å². The molecule has 68 valence electrons. The van der Waals surface area contributed by atoms with E-state index in [9.17, 15) is 0 Å². The van der Waals surface area contributed by atoms with E-state index in [0.29, 0.717) is 0 Å².